The van der Waals surface area contributed by atoms with Crippen LogP contribution in [-0.4, -0.2) is 36.2 Å². The second-order valence-electron chi connectivity index (χ2n) is 8.69. The maximum atomic E-state index is 6.41. The average Bonchev–Trinajstić information content (AvgIpc) is 2.38. The molecule has 0 amide bonds. The Kier molecular flexibility index (Phi) is 5.54. The summed E-state index contributed by atoms with van der Waals surface area (Å²) in [6.07, 6.45) is 11.6. The maximum Gasteiger partial charge on any atom is 0.0764 e. The molecule has 2 rings (SSSR count). The summed E-state index contributed by atoms with van der Waals surface area (Å²) in [5.74, 6) is 0.697. The van der Waals surface area contributed by atoms with Gasteiger partial charge in [0.15, 0.2) is 0 Å². The van der Waals surface area contributed by atoms with Gasteiger partial charge in [0.2, 0.25) is 0 Å². The Balaban J connectivity index is 1.83. The van der Waals surface area contributed by atoms with Gasteiger partial charge in [0.05, 0.1) is 11.7 Å². The molecular formula is C19H35NO. The third kappa shape index (κ3) is 5.41. The van der Waals surface area contributed by atoms with Crippen molar-refractivity contribution in [3.05, 3.63) is 12.2 Å². The van der Waals surface area contributed by atoms with E-state index in [1.807, 2.05) is 0 Å². The van der Waals surface area contributed by atoms with Crippen molar-refractivity contribution >= 4 is 0 Å². The van der Waals surface area contributed by atoms with E-state index in [0.717, 1.165) is 6.54 Å². The number of hydrogen-bond acceptors (Lipinski definition) is 2. The Bertz CT molecular complexity index is 347. The second-order valence-corrected chi connectivity index (χ2v) is 8.69. The van der Waals surface area contributed by atoms with E-state index in [1.165, 1.54) is 45.2 Å². The van der Waals surface area contributed by atoms with Crippen LogP contribution in [0, 0.1) is 11.3 Å². The number of rotatable bonds is 4. The maximum absolute atomic E-state index is 6.41. The van der Waals surface area contributed by atoms with E-state index < -0.39 is 0 Å². The lowest BCUT2D eigenvalue weighted by Crippen LogP contribution is -2.45. The quantitative estimate of drug-likeness (QED) is 0.700. The van der Waals surface area contributed by atoms with Gasteiger partial charge in [-0.3, -0.25) is 0 Å². The van der Waals surface area contributed by atoms with Crippen LogP contribution < -0.4 is 0 Å². The van der Waals surface area contributed by atoms with Gasteiger partial charge >= 0.3 is 0 Å². The highest BCUT2D eigenvalue weighted by Crippen LogP contribution is 2.35. The SMILES string of the molecule is CC(C)(CN1CCCCC1)OC1C=CC(C(C)(C)C)CC1. The fraction of sp³-hybridized carbons (Fsp3) is 0.895. The van der Waals surface area contributed by atoms with Gasteiger partial charge in [-0.25, -0.2) is 0 Å². The molecule has 1 heterocycles. The van der Waals surface area contributed by atoms with Crippen LogP contribution in [0.5, 0.6) is 0 Å². The molecule has 2 aliphatic rings. The molecule has 2 heteroatoms. The molecule has 122 valence electrons. The Labute approximate surface area is 131 Å². The topological polar surface area (TPSA) is 12.5 Å². The molecule has 0 aromatic heterocycles. The molecular weight excluding hydrogens is 258 g/mol. The molecule has 0 saturated carbocycles. The van der Waals surface area contributed by atoms with Gasteiger partial charge in [0, 0.05) is 6.54 Å². The van der Waals surface area contributed by atoms with E-state index in [0.29, 0.717) is 17.4 Å². The van der Waals surface area contributed by atoms with Gasteiger partial charge in [-0.05, 0) is 64.0 Å². The largest absolute Gasteiger partial charge is 0.367 e. The van der Waals surface area contributed by atoms with E-state index in [2.05, 4.69) is 51.7 Å². The third-order valence-electron chi connectivity index (χ3n) is 4.96. The Morgan fingerprint density at radius 3 is 2.14 bits per heavy atom. The molecule has 2 atom stereocenters. The Hall–Kier alpha value is -0.340. The van der Waals surface area contributed by atoms with E-state index in [1.54, 1.807) is 0 Å². The number of nitrogens with zero attached hydrogens (tertiary/aromatic N) is 1. The lowest BCUT2D eigenvalue weighted by Gasteiger charge is -2.39. The third-order valence-corrected chi connectivity index (χ3v) is 4.96. The molecule has 0 aromatic carbocycles. The predicted molar refractivity (Wildman–Crippen MR) is 90.6 cm³/mol. The minimum atomic E-state index is -0.0408. The average molecular weight is 293 g/mol. The molecule has 21 heavy (non-hydrogen) atoms. The molecule has 2 nitrogen and oxygen atoms in total. The van der Waals surface area contributed by atoms with Crippen LogP contribution in [0.25, 0.3) is 0 Å². The summed E-state index contributed by atoms with van der Waals surface area (Å²) in [5.41, 5.74) is 0.339. The smallest absolute Gasteiger partial charge is 0.0764 e. The van der Waals surface area contributed by atoms with E-state index in [4.69, 9.17) is 4.74 Å². The molecule has 0 aromatic rings. The zero-order valence-corrected chi connectivity index (χ0v) is 14.8. The highest BCUT2D eigenvalue weighted by Gasteiger charge is 2.30. The predicted octanol–water partition coefficient (Wildman–Crippen LogP) is 4.65. The first-order valence-electron chi connectivity index (χ1n) is 8.85. The Morgan fingerprint density at radius 2 is 1.62 bits per heavy atom. The summed E-state index contributed by atoms with van der Waals surface area (Å²) < 4.78 is 6.41. The summed E-state index contributed by atoms with van der Waals surface area (Å²) in [5, 5.41) is 0. The minimum absolute atomic E-state index is 0.0408. The molecule has 1 fully saturated rings. The van der Waals surface area contributed by atoms with Crippen molar-refractivity contribution in [3.8, 4) is 0 Å². The standard InChI is InChI=1S/C19H35NO/c1-18(2,3)16-9-11-17(12-10-16)21-19(4,5)15-20-13-7-6-8-14-20/h9,11,16-17H,6-8,10,12-15H2,1-5H3. The number of ether oxygens (including phenoxy) is 1. The summed E-state index contributed by atoms with van der Waals surface area (Å²) in [6.45, 7) is 15.1. The molecule has 0 N–H and O–H groups in total. The van der Waals surface area contributed by atoms with Crippen LogP contribution in [0.1, 0.15) is 66.7 Å². The van der Waals surface area contributed by atoms with Crippen LogP contribution in [0.4, 0.5) is 0 Å². The van der Waals surface area contributed by atoms with Crippen molar-refractivity contribution in [1.29, 1.82) is 0 Å². The van der Waals surface area contributed by atoms with Gasteiger partial charge in [-0.1, -0.05) is 39.3 Å². The zero-order chi connectivity index (χ0) is 15.5. The van der Waals surface area contributed by atoms with Crippen molar-refractivity contribution in [2.45, 2.75) is 78.4 Å². The highest BCUT2D eigenvalue weighted by molar-refractivity contribution is 5.03. The first kappa shape index (κ1) is 17.0. The van der Waals surface area contributed by atoms with Gasteiger partial charge in [-0.15, -0.1) is 0 Å². The zero-order valence-electron chi connectivity index (χ0n) is 14.8. The number of hydrogen-bond donors (Lipinski definition) is 0. The molecule has 0 radical (unpaired) electrons. The molecule has 0 spiro atoms. The summed E-state index contributed by atoms with van der Waals surface area (Å²) >= 11 is 0. The van der Waals surface area contributed by atoms with Crippen LogP contribution in [0.2, 0.25) is 0 Å². The fourth-order valence-electron chi connectivity index (χ4n) is 3.72. The van der Waals surface area contributed by atoms with Crippen LogP contribution in [-0.2, 0) is 4.74 Å². The molecule has 1 aliphatic carbocycles. The van der Waals surface area contributed by atoms with Crippen LogP contribution in [0.3, 0.4) is 0 Å². The molecule has 1 saturated heterocycles. The van der Waals surface area contributed by atoms with Crippen LogP contribution in [0.15, 0.2) is 12.2 Å². The van der Waals surface area contributed by atoms with Gasteiger partial charge in [0.1, 0.15) is 0 Å². The lowest BCUT2D eigenvalue weighted by molar-refractivity contribution is -0.0774. The lowest BCUT2D eigenvalue weighted by atomic mass is 9.75. The second kappa shape index (κ2) is 6.83. The monoisotopic (exact) mass is 293 g/mol. The summed E-state index contributed by atoms with van der Waals surface area (Å²) in [6, 6.07) is 0. The molecule has 0 bridgehead atoms. The van der Waals surface area contributed by atoms with Crippen molar-refractivity contribution in [2.75, 3.05) is 19.6 Å². The first-order valence-corrected chi connectivity index (χ1v) is 8.85. The van der Waals surface area contributed by atoms with Gasteiger partial charge < -0.3 is 9.64 Å². The first-order chi connectivity index (χ1) is 9.76. The fourth-order valence-corrected chi connectivity index (χ4v) is 3.72. The van der Waals surface area contributed by atoms with E-state index in [9.17, 15) is 0 Å². The van der Waals surface area contributed by atoms with Gasteiger partial charge in [-0.2, -0.15) is 0 Å². The normalized spacial score (nSPS) is 28.8. The van der Waals surface area contributed by atoms with Crippen molar-refractivity contribution in [3.63, 3.8) is 0 Å². The minimum Gasteiger partial charge on any atom is -0.367 e. The van der Waals surface area contributed by atoms with Gasteiger partial charge in [0.25, 0.3) is 0 Å². The number of likely N-dealkylation sites (tertiary alicyclic amines) is 1. The van der Waals surface area contributed by atoms with Crippen LogP contribution >= 0.6 is 0 Å². The molecule has 1 aliphatic heterocycles. The Morgan fingerprint density at radius 1 is 0.952 bits per heavy atom. The van der Waals surface area contributed by atoms with Crippen molar-refractivity contribution in [1.82, 2.24) is 4.90 Å². The summed E-state index contributed by atoms with van der Waals surface area (Å²) in [7, 11) is 0. The summed E-state index contributed by atoms with van der Waals surface area (Å²) in [4.78, 5) is 2.58. The van der Waals surface area contributed by atoms with E-state index >= 15 is 0 Å². The van der Waals surface area contributed by atoms with Crippen molar-refractivity contribution < 1.29 is 4.74 Å². The number of allylic oxidation sites excluding steroid dienone is 1. The molecule has 2 unspecified atom stereocenters. The highest BCUT2D eigenvalue weighted by atomic mass is 16.5. The van der Waals surface area contributed by atoms with Crippen molar-refractivity contribution in [2.24, 2.45) is 11.3 Å². The van der Waals surface area contributed by atoms with E-state index in [-0.39, 0.29) is 5.60 Å². The number of piperidine rings is 1.